The number of quaternary nitrogens is 1. The van der Waals surface area contributed by atoms with E-state index in [2.05, 4.69) is 11.4 Å². The molecule has 0 bridgehead atoms. The standard InChI is InChI=1S/C19H18Cl2N2O2S/c1-13-6-7-16(20)19(18(13)21)22-17(24)12-23(10-14-4-2-8-25-14)11-15-5-3-9-26-15/h2-9H,10-12H2,1H3,(H,22,24)/p+1. The second-order valence-electron chi connectivity index (χ2n) is 6.04. The Morgan fingerprint density at radius 1 is 1.19 bits per heavy atom. The van der Waals surface area contributed by atoms with Crippen LogP contribution in [0.4, 0.5) is 5.69 Å². The summed E-state index contributed by atoms with van der Waals surface area (Å²) in [4.78, 5) is 14.9. The predicted octanol–water partition coefficient (Wildman–Crippen LogP) is 4.18. The maximum absolute atomic E-state index is 12.6. The Labute approximate surface area is 166 Å². The largest absolute Gasteiger partial charge is 0.463 e. The molecule has 0 aliphatic carbocycles. The Morgan fingerprint density at radius 2 is 2.04 bits per heavy atom. The third kappa shape index (κ3) is 4.89. The fourth-order valence-corrected chi connectivity index (χ4v) is 3.93. The summed E-state index contributed by atoms with van der Waals surface area (Å²) in [6, 6.07) is 11.4. The normalized spacial score (nSPS) is 12.1. The van der Waals surface area contributed by atoms with Gasteiger partial charge in [-0.3, -0.25) is 4.79 Å². The number of thiophene rings is 1. The van der Waals surface area contributed by atoms with Crippen molar-refractivity contribution >= 4 is 46.1 Å². The molecule has 1 atom stereocenters. The van der Waals surface area contributed by atoms with E-state index in [0.29, 0.717) is 22.3 Å². The summed E-state index contributed by atoms with van der Waals surface area (Å²) in [6.45, 7) is 3.51. The number of hydrogen-bond acceptors (Lipinski definition) is 3. The summed E-state index contributed by atoms with van der Waals surface area (Å²) in [7, 11) is 0. The van der Waals surface area contributed by atoms with Gasteiger partial charge in [0.2, 0.25) is 0 Å². The highest BCUT2D eigenvalue weighted by atomic mass is 35.5. The second-order valence-corrected chi connectivity index (χ2v) is 7.86. The third-order valence-corrected chi connectivity index (χ3v) is 5.65. The molecule has 2 heterocycles. The van der Waals surface area contributed by atoms with Crippen molar-refractivity contribution in [2.24, 2.45) is 0 Å². The van der Waals surface area contributed by atoms with Gasteiger partial charge in [0.15, 0.2) is 12.3 Å². The first kappa shape index (κ1) is 19.0. The predicted molar refractivity (Wildman–Crippen MR) is 106 cm³/mol. The number of anilines is 1. The number of nitrogens with one attached hydrogen (secondary N) is 2. The average molecular weight is 410 g/mol. The van der Waals surface area contributed by atoms with E-state index in [4.69, 9.17) is 27.6 Å². The zero-order valence-electron chi connectivity index (χ0n) is 14.2. The molecule has 0 saturated heterocycles. The fourth-order valence-electron chi connectivity index (χ4n) is 2.69. The van der Waals surface area contributed by atoms with Crippen molar-refractivity contribution in [3.8, 4) is 0 Å². The van der Waals surface area contributed by atoms with E-state index >= 15 is 0 Å². The highest BCUT2D eigenvalue weighted by molar-refractivity contribution is 7.09. The number of hydrogen-bond donors (Lipinski definition) is 2. The van der Waals surface area contributed by atoms with Crippen LogP contribution in [0.5, 0.6) is 0 Å². The van der Waals surface area contributed by atoms with Crippen LogP contribution in [0.1, 0.15) is 16.2 Å². The smallest absolute Gasteiger partial charge is 0.279 e. The molecule has 7 heteroatoms. The van der Waals surface area contributed by atoms with E-state index in [-0.39, 0.29) is 12.5 Å². The van der Waals surface area contributed by atoms with Crippen LogP contribution in [0.2, 0.25) is 10.0 Å². The Hall–Kier alpha value is -1.79. The number of furan rings is 1. The van der Waals surface area contributed by atoms with Gasteiger partial charge in [-0.15, -0.1) is 11.3 Å². The molecule has 0 fully saturated rings. The van der Waals surface area contributed by atoms with Gasteiger partial charge in [0.1, 0.15) is 13.1 Å². The Kier molecular flexibility index (Phi) is 6.38. The lowest BCUT2D eigenvalue weighted by molar-refractivity contribution is -0.920. The maximum atomic E-state index is 12.6. The summed E-state index contributed by atoms with van der Waals surface area (Å²) in [5.74, 6) is 0.702. The summed E-state index contributed by atoms with van der Waals surface area (Å²) in [5.41, 5.74) is 1.33. The van der Waals surface area contributed by atoms with Crippen molar-refractivity contribution in [1.82, 2.24) is 0 Å². The van der Waals surface area contributed by atoms with Crippen molar-refractivity contribution in [3.63, 3.8) is 0 Å². The Balaban J connectivity index is 1.71. The van der Waals surface area contributed by atoms with E-state index in [1.165, 1.54) is 4.88 Å². The van der Waals surface area contributed by atoms with Gasteiger partial charge in [0, 0.05) is 0 Å². The molecule has 1 amide bonds. The van der Waals surface area contributed by atoms with Gasteiger partial charge >= 0.3 is 0 Å². The molecule has 26 heavy (non-hydrogen) atoms. The summed E-state index contributed by atoms with van der Waals surface area (Å²) in [6.07, 6.45) is 1.64. The molecule has 0 radical (unpaired) electrons. The van der Waals surface area contributed by atoms with Gasteiger partial charge < -0.3 is 14.6 Å². The highest BCUT2D eigenvalue weighted by Crippen LogP contribution is 2.32. The quantitative estimate of drug-likeness (QED) is 0.614. The second kappa shape index (κ2) is 8.73. The molecular weight excluding hydrogens is 391 g/mol. The first-order chi connectivity index (χ1) is 12.5. The lowest BCUT2D eigenvalue weighted by Crippen LogP contribution is -3.10. The Bertz CT molecular complexity index is 828. The lowest BCUT2D eigenvalue weighted by atomic mass is 10.2. The van der Waals surface area contributed by atoms with Gasteiger partial charge in [0.05, 0.1) is 26.9 Å². The maximum Gasteiger partial charge on any atom is 0.279 e. The van der Waals surface area contributed by atoms with Crippen LogP contribution in [-0.4, -0.2) is 12.5 Å². The highest BCUT2D eigenvalue weighted by Gasteiger charge is 2.19. The van der Waals surface area contributed by atoms with Crippen LogP contribution in [0.15, 0.2) is 52.5 Å². The van der Waals surface area contributed by atoms with Gasteiger partial charge in [-0.05, 0) is 42.1 Å². The van der Waals surface area contributed by atoms with Gasteiger partial charge in [-0.1, -0.05) is 35.3 Å². The average Bonchev–Trinajstić information content (AvgIpc) is 3.29. The molecule has 0 spiro atoms. The van der Waals surface area contributed by atoms with Gasteiger partial charge in [-0.25, -0.2) is 0 Å². The van der Waals surface area contributed by atoms with Crippen molar-refractivity contribution in [2.45, 2.75) is 20.0 Å². The van der Waals surface area contributed by atoms with Crippen molar-refractivity contribution in [2.75, 3.05) is 11.9 Å². The SMILES string of the molecule is Cc1ccc(Cl)c(NC(=O)C[NH+](Cc2ccco2)Cc2cccs2)c1Cl. The molecule has 1 unspecified atom stereocenters. The van der Waals surface area contributed by atoms with Crippen LogP contribution >= 0.6 is 34.5 Å². The Morgan fingerprint density at radius 3 is 2.73 bits per heavy atom. The van der Waals surface area contributed by atoms with Gasteiger partial charge in [-0.2, -0.15) is 0 Å². The van der Waals surface area contributed by atoms with Crippen LogP contribution in [0.25, 0.3) is 0 Å². The van der Waals surface area contributed by atoms with E-state index in [1.807, 2.05) is 36.6 Å². The summed E-state index contributed by atoms with van der Waals surface area (Å²) < 4.78 is 5.45. The molecule has 3 rings (SSSR count). The monoisotopic (exact) mass is 409 g/mol. The molecule has 0 aliphatic heterocycles. The topological polar surface area (TPSA) is 46.7 Å². The van der Waals surface area contributed by atoms with Crippen molar-refractivity contribution in [3.05, 3.63) is 74.3 Å². The lowest BCUT2D eigenvalue weighted by Gasteiger charge is -2.18. The minimum atomic E-state index is -0.141. The van der Waals surface area contributed by atoms with Crippen LogP contribution in [0.3, 0.4) is 0 Å². The molecular formula is C19H19Cl2N2O2S+. The molecule has 2 N–H and O–H groups in total. The number of halogens is 2. The number of carbonyl (C=O) groups is 1. The molecule has 136 valence electrons. The van der Waals surface area contributed by atoms with Crippen LogP contribution in [-0.2, 0) is 17.9 Å². The molecule has 1 aromatic carbocycles. The minimum Gasteiger partial charge on any atom is -0.463 e. The summed E-state index contributed by atoms with van der Waals surface area (Å²) in [5, 5.41) is 5.79. The summed E-state index contributed by atoms with van der Waals surface area (Å²) >= 11 is 14.2. The van der Waals surface area contributed by atoms with Crippen molar-refractivity contribution in [1.29, 1.82) is 0 Å². The number of aryl methyl sites for hydroxylation is 1. The molecule has 2 aromatic heterocycles. The van der Waals surface area contributed by atoms with Crippen LogP contribution < -0.4 is 10.2 Å². The zero-order chi connectivity index (χ0) is 18.5. The first-order valence-corrected chi connectivity index (χ1v) is 9.79. The minimum absolute atomic E-state index is 0.141. The number of benzene rings is 1. The van der Waals surface area contributed by atoms with E-state index in [0.717, 1.165) is 22.8 Å². The molecule has 3 aromatic rings. The van der Waals surface area contributed by atoms with E-state index in [1.54, 1.807) is 23.7 Å². The first-order valence-electron chi connectivity index (χ1n) is 8.15. The molecule has 0 saturated carbocycles. The van der Waals surface area contributed by atoms with Crippen molar-refractivity contribution < 1.29 is 14.1 Å². The zero-order valence-corrected chi connectivity index (χ0v) is 16.5. The fraction of sp³-hybridized carbons (Fsp3) is 0.211. The third-order valence-electron chi connectivity index (χ3n) is 3.97. The van der Waals surface area contributed by atoms with E-state index < -0.39 is 0 Å². The number of rotatable bonds is 7. The number of amides is 1. The van der Waals surface area contributed by atoms with E-state index in [9.17, 15) is 4.79 Å². The molecule has 4 nitrogen and oxygen atoms in total. The molecule has 0 aliphatic rings. The number of carbonyl (C=O) groups excluding carboxylic acids is 1. The van der Waals surface area contributed by atoms with Crippen LogP contribution in [0, 0.1) is 6.92 Å². The van der Waals surface area contributed by atoms with Gasteiger partial charge in [0.25, 0.3) is 5.91 Å².